The Morgan fingerprint density at radius 3 is 2.22 bits per heavy atom. The quantitative estimate of drug-likeness (QED) is 0.556. The van der Waals surface area contributed by atoms with Crippen molar-refractivity contribution >= 4 is 0 Å². The first-order chi connectivity index (χ1) is 4.22. The largest absolute Gasteiger partial charge is 0.233 e. The van der Waals surface area contributed by atoms with E-state index in [9.17, 15) is 5.11 Å². The van der Waals surface area contributed by atoms with Gasteiger partial charge in [0.05, 0.1) is 6.10 Å². The van der Waals surface area contributed by atoms with E-state index in [1.54, 1.807) is 0 Å². The molecule has 0 saturated carbocycles. The molecule has 1 nitrogen and oxygen atoms in total. The minimum atomic E-state index is -0.329. The van der Waals surface area contributed by atoms with E-state index in [4.69, 9.17) is 0 Å². The van der Waals surface area contributed by atoms with Crippen molar-refractivity contribution in [2.24, 2.45) is 5.92 Å². The van der Waals surface area contributed by atoms with Crippen LogP contribution in [0.5, 0.6) is 0 Å². The van der Waals surface area contributed by atoms with Crippen molar-refractivity contribution < 1.29 is 5.11 Å². The van der Waals surface area contributed by atoms with Gasteiger partial charge in [0, 0.05) is 0 Å². The van der Waals surface area contributed by atoms with E-state index < -0.39 is 0 Å². The summed E-state index contributed by atoms with van der Waals surface area (Å²) >= 11 is 0. The van der Waals surface area contributed by atoms with Crippen molar-refractivity contribution in [2.75, 3.05) is 0 Å². The van der Waals surface area contributed by atoms with E-state index in [1.165, 1.54) is 0 Å². The van der Waals surface area contributed by atoms with E-state index in [1.807, 2.05) is 13.8 Å². The van der Waals surface area contributed by atoms with Crippen LogP contribution in [0.1, 0.15) is 40.0 Å². The molecule has 0 bridgehead atoms. The summed E-state index contributed by atoms with van der Waals surface area (Å²) in [7, 11) is 0. The van der Waals surface area contributed by atoms with Crippen molar-refractivity contribution in [3.05, 3.63) is 0 Å². The fourth-order valence-electron chi connectivity index (χ4n) is 1.04. The molecule has 0 saturated heterocycles. The van der Waals surface area contributed by atoms with Crippen molar-refractivity contribution in [1.82, 2.24) is 0 Å². The molecule has 0 aromatic heterocycles. The molecule has 0 heterocycles. The van der Waals surface area contributed by atoms with Gasteiger partial charge in [-0.2, -0.15) is 0 Å². The summed E-state index contributed by atoms with van der Waals surface area (Å²) in [6.07, 6.45) is 2.67. The molecular weight excluding hydrogens is 112 g/mol. The normalized spacial score (nSPS) is 17.3. The summed E-state index contributed by atoms with van der Waals surface area (Å²) in [6.45, 7) is 6.13. The average molecular weight is 129 g/mol. The van der Waals surface area contributed by atoms with Crippen LogP contribution < -0.4 is 0 Å². The molecule has 0 aliphatic heterocycles. The highest BCUT2D eigenvalue weighted by Crippen LogP contribution is 2.12. The lowest BCUT2D eigenvalue weighted by atomic mass is 9.98. The number of rotatable bonds is 4. The van der Waals surface area contributed by atoms with Gasteiger partial charge in [0.15, 0.2) is 0 Å². The zero-order chi connectivity index (χ0) is 7.28. The Bertz CT molecular complexity index is 61.6. The molecule has 9 heavy (non-hydrogen) atoms. The first-order valence-electron chi connectivity index (χ1n) is 3.88. The van der Waals surface area contributed by atoms with Gasteiger partial charge in [-0.1, -0.05) is 27.2 Å². The minimum absolute atomic E-state index is 0.329. The summed E-state index contributed by atoms with van der Waals surface area (Å²) < 4.78 is 0. The molecule has 55 valence electrons. The van der Waals surface area contributed by atoms with Crippen LogP contribution in [0.15, 0.2) is 0 Å². The van der Waals surface area contributed by atoms with Gasteiger partial charge in [-0.3, -0.25) is 0 Å². The first kappa shape index (κ1) is 8.96. The summed E-state index contributed by atoms with van der Waals surface area (Å²) in [6, 6.07) is 0. The second-order valence-electron chi connectivity index (χ2n) is 2.71. The van der Waals surface area contributed by atoms with Crippen molar-refractivity contribution in [3.8, 4) is 0 Å². The van der Waals surface area contributed by atoms with E-state index in [0.29, 0.717) is 5.92 Å². The van der Waals surface area contributed by atoms with Crippen LogP contribution in [0.25, 0.3) is 0 Å². The van der Waals surface area contributed by atoms with Gasteiger partial charge < -0.3 is 0 Å². The predicted octanol–water partition coefficient (Wildman–Crippen LogP) is 2.63. The van der Waals surface area contributed by atoms with E-state index in [2.05, 4.69) is 6.92 Å². The Hall–Kier alpha value is -0.0400. The molecule has 0 amide bonds. The molecule has 0 N–H and O–H groups in total. The van der Waals surface area contributed by atoms with Gasteiger partial charge in [0.2, 0.25) is 0 Å². The SMILES string of the molecule is CCCC(C)C([O])CC. The fraction of sp³-hybridized carbons (Fsp3) is 1.00. The van der Waals surface area contributed by atoms with Crippen LogP contribution in [-0.4, -0.2) is 6.10 Å². The smallest absolute Gasteiger partial charge is 0.0952 e. The van der Waals surface area contributed by atoms with E-state index >= 15 is 0 Å². The Balaban J connectivity index is 3.32. The maximum absolute atomic E-state index is 11.0. The summed E-state index contributed by atoms with van der Waals surface area (Å²) in [5.41, 5.74) is 0. The molecule has 0 spiro atoms. The highest BCUT2D eigenvalue weighted by molar-refractivity contribution is 4.60. The highest BCUT2D eigenvalue weighted by atomic mass is 16.3. The van der Waals surface area contributed by atoms with Gasteiger partial charge in [-0.15, -0.1) is 0 Å². The molecule has 0 aliphatic rings. The van der Waals surface area contributed by atoms with E-state index in [-0.39, 0.29) is 6.10 Å². The molecule has 0 aromatic rings. The Kier molecular flexibility index (Phi) is 4.78. The maximum Gasteiger partial charge on any atom is 0.0952 e. The van der Waals surface area contributed by atoms with Gasteiger partial charge in [0.1, 0.15) is 0 Å². The van der Waals surface area contributed by atoms with Crippen molar-refractivity contribution in [1.29, 1.82) is 0 Å². The highest BCUT2D eigenvalue weighted by Gasteiger charge is 2.11. The van der Waals surface area contributed by atoms with Gasteiger partial charge >= 0.3 is 0 Å². The topological polar surface area (TPSA) is 19.9 Å². The lowest BCUT2D eigenvalue weighted by Gasteiger charge is -2.12. The molecule has 0 rings (SSSR count). The third-order valence-corrected chi connectivity index (χ3v) is 1.78. The lowest BCUT2D eigenvalue weighted by molar-refractivity contribution is 0.0368. The zero-order valence-electron chi connectivity index (χ0n) is 6.68. The Labute approximate surface area is 58.1 Å². The molecule has 0 fully saturated rings. The van der Waals surface area contributed by atoms with Crippen molar-refractivity contribution in [3.63, 3.8) is 0 Å². The lowest BCUT2D eigenvalue weighted by Crippen LogP contribution is -2.13. The number of hydrogen-bond donors (Lipinski definition) is 0. The fourth-order valence-corrected chi connectivity index (χ4v) is 1.04. The molecule has 1 heteroatoms. The molecular formula is C8H17O. The summed E-state index contributed by atoms with van der Waals surface area (Å²) in [4.78, 5) is 0. The molecule has 0 aliphatic carbocycles. The Morgan fingerprint density at radius 1 is 1.33 bits per heavy atom. The second-order valence-corrected chi connectivity index (χ2v) is 2.71. The summed E-state index contributed by atoms with van der Waals surface area (Å²) in [5.74, 6) is 0.375. The van der Waals surface area contributed by atoms with Gasteiger partial charge in [-0.05, 0) is 18.8 Å². The van der Waals surface area contributed by atoms with E-state index in [0.717, 1.165) is 19.3 Å². The van der Waals surface area contributed by atoms with Crippen LogP contribution in [0, 0.1) is 5.92 Å². The standard InChI is InChI=1S/C8H17O/c1-4-6-7(3)8(9)5-2/h7-8H,4-6H2,1-3H3. The first-order valence-corrected chi connectivity index (χ1v) is 3.88. The second kappa shape index (κ2) is 4.80. The maximum atomic E-state index is 11.0. The van der Waals surface area contributed by atoms with Gasteiger partial charge in [-0.25, -0.2) is 5.11 Å². The zero-order valence-corrected chi connectivity index (χ0v) is 6.68. The molecule has 2 unspecified atom stereocenters. The van der Waals surface area contributed by atoms with Crippen LogP contribution >= 0.6 is 0 Å². The predicted molar refractivity (Wildman–Crippen MR) is 38.8 cm³/mol. The average Bonchev–Trinajstić information content (AvgIpc) is 1.87. The van der Waals surface area contributed by atoms with Crippen LogP contribution in [-0.2, 0) is 5.11 Å². The summed E-state index contributed by atoms with van der Waals surface area (Å²) in [5, 5.41) is 11.0. The minimum Gasteiger partial charge on any atom is -0.233 e. The molecule has 0 aromatic carbocycles. The third kappa shape index (κ3) is 3.52. The monoisotopic (exact) mass is 129 g/mol. The van der Waals surface area contributed by atoms with Crippen LogP contribution in [0.2, 0.25) is 0 Å². The number of hydrogen-bond acceptors (Lipinski definition) is 0. The Morgan fingerprint density at radius 2 is 1.89 bits per heavy atom. The third-order valence-electron chi connectivity index (χ3n) is 1.78. The van der Waals surface area contributed by atoms with Crippen LogP contribution in [0.3, 0.4) is 0 Å². The van der Waals surface area contributed by atoms with Crippen LogP contribution in [0.4, 0.5) is 0 Å². The van der Waals surface area contributed by atoms with Crippen molar-refractivity contribution in [2.45, 2.75) is 46.1 Å². The molecule has 1 radical (unpaired) electrons. The molecule has 2 atom stereocenters. The van der Waals surface area contributed by atoms with Gasteiger partial charge in [0.25, 0.3) is 0 Å².